The summed E-state index contributed by atoms with van der Waals surface area (Å²) in [7, 11) is 0. The van der Waals surface area contributed by atoms with Gasteiger partial charge in [-0.1, -0.05) is 41.4 Å². The molecule has 9 heteroatoms. The highest BCUT2D eigenvalue weighted by Gasteiger charge is 2.13. The van der Waals surface area contributed by atoms with E-state index in [1.165, 1.54) is 11.8 Å². The highest BCUT2D eigenvalue weighted by molar-refractivity contribution is 8.00. The molecule has 0 atom stereocenters. The summed E-state index contributed by atoms with van der Waals surface area (Å²) in [4.78, 5) is 25.7. The summed E-state index contributed by atoms with van der Waals surface area (Å²) in [5.74, 6) is 0.684. The number of furan rings is 1. The van der Waals surface area contributed by atoms with Gasteiger partial charge in [-0.25, -0.2) is 0 Å². The van der Waals surface area contributed by atoms with Crippen LogP contribution in [-0.2, 0) is 17.9 Å². The first-order valence-electron chi connectivity index (χ1n) is 10.2. The van der Waals surface area contributed by atoms with Gasteiger partial charge in [0.25, 0.3) is 5.91 Å². The van der Waals surface area contributed by atoms with Crippen LogP contribution >= 0.6 is 35.0 Å². The van der Waals surface area contributed by atoms with Crippen LogP contribution in [0.1, 0.15) is 16.1 Å². The molecule has 0 saturated heterocycles. The minimum Gasteiger partial charge on any atom is -0.467 e. The van der Waals surface area contributed by atoms with Crippen molar-refractivity contribution in [2.75, 3.05) is 12.3 Å². The Labute approximate surface area is 205 Å². The van der Waals surface area contributed by atoms with Gasteiger partial charge in [-0.15, -0.1) is 11.8 Å². The van der Waals surface area contributed by atoms with Gasteiger partial charge >= 0.3 is 0 Å². The number of hydrogen-bond donors (Lipinski definition) is 2. The molecular weight excluding hydrogens is 481 g/mol. The molecule has 0 spiro atoms. The largest absolute Gasteiger partial charge is 0.467 e. The van der Waals surface area contributed by atoms with E-state index in [9.17, 15) is 9.59 Å². The van der Waals surface area contributed by atoms with Gasteiger partial charge in [-0.05, 0) is 36.4 Å². The molecule has 0 unspecified atom stereocenters. The lowest BCUT2D eigenvalue weighted by Crippen LogP contribution is -2.27. The highest BCUT2D eigenvalue weighted by atomic mass is 35.5. The van der Waals surface area contributed by atoms with Crippen LogP contribution in [0.15, 0.2) is 76.4 Å². The molecule has 2 amide bonds. The normalized spacial score (nSPS) is 11.0. The van der Waals surface area contributed by atoms with Gasteiger partial charge < -0.3 is 19.6 Å². The third-order valence-electron chi connectivity index (χ3n) is 4.96. The molecule has 2 N–H and O–H groups in total. The third-order valence-corrected chi connectivity index (χ3v) is 6.56. The molecule has 4 rings (SSSR count). The van der Waals surface area contributed by atoms with E-state index in [4.69, 9.17) is 27.6 Å². The van der Waals surface area contributed by atoms with E-state index >= 15 is 0 Å². The van der Waals surface area contributed by atoms with Gasteiger partial charge in [-0.2, -0.15) is 0 Å². The average molecular weight is 502 g/mol. The van der Waals surface area contributed by atoms with Gasteiger partial charge in [-0.3, -0.25) is 9.59 Å². The van der Waals surface area contributed by atoms with Crippen LogP contribution in [0.3, 0.4) is 0 Å². The monoisotopic (exact) mass is 501 g/mol. The Morgan fingerprint density at radius 3 is 2.67 bits per heavy atom. The molecule has 2 aromatic carbocycles. The van der Waals surface area contributed by atoms with E-state index in [0.717, 1.165) is 15.8 Å². The summed E-state index contributed by atoms with van der Waals surface area (Å²) >= 11 is 13.5. The number of carbonyl (C=O) groups excluding carboxylic acids is 2. The Bertz CT molecular complexity index is 1270. The number of para-hydroxylation sites is 1. The fourth-order valence-electron chi connectivity index (χ4n) is 3.37. The molecule has 0 fully saturated rings. The number of benzene rings is 2. The Balaban J connectivity index is 1.36. The maximum absolute atomic E-state index is 12.5. The molecule has 6 nitrogen and oxygen atoms in total. The van der Waals surface area contributed by atoms with Crippen molar-refractivity contribution >= 4 is 57.7 Å². The number of nitrogens with zero attached hydrogens (tertiary/aromatic N) is 1. The Hall–Kier alpha value is -2.87. The first kappa shape index (κ1) is 23.3. The Kier molecular flexibility index (Phi) is 7.65. The second-order valence-electron chi connectivity index (χ2n) is 7.23. The van der Waals surface area contributed by atoms with Crippen LogP contribution in [0.2, 0.25) is 10.0 Å². The lowest BCUT2D eigenvalue weighted by Gasteiger charge is -2.09. The van der Waals surface area contributed by atoms with Crippen molar-refractivity contribution in [2.45, 2.75) is 18.0 Å². The molecule has 0 aliphatic rings. The zero-order chi connectivity index (χ0) is 23.2. The molecule has 170 valence electrons. The second-order valence-corrected chi connectivity index (χ2v) is 9.09. The SMILES string of the molecule is O=C(CSc1cn(CCNC(=O)c2ccc(Cl)cc2Cl)c2ccccc12)NCc1ccco1. The van der Waals surface area contributed by atoms with Crippen molar-refractivity contribution in [3.8, 4) is 0 Å². The predicted octanol–water partition coefficient (Wildman–Crippen LogP) is 5.38. The molecule has 0 aliphatic heterocycles. The Morgan fingerprint density at radius 2 is 1.88 bits per heavy atom. The number of fused-ring (bicyclic) bond motifs is 1. The van der Waals surface area contributed by atoms with E-state index < -0.39 is 0 Å². The molecule has 0 saturated carbocycles. The van der Waals surface area contributed by atoms with Gasteiger partial charge in [0.1, 0.15) is 5.76 Å². The van der Waals surface area contributed by atoms with Crippen molar-refractivity contribution in [3.05, 3.63) is 88.4 Å². The van der Waals surface area contributed by atoms with Crippen molar-refractivity contribution < 1.29 is 14.0 Å². The number of thioether (sulfide) groups is 1. The van der Waals surface area contributed by atoms with Gasteiger partial charge in [0.15, 0.2) is 0 Å². The topological polar surface area (TPSA) is 76.3 Å². The Morgan fingerprint density at radius 1 is 1.03 bits per heavy atom. The minimum absolute atomic E-state index is 0.0691. The zero-order valence-electron chi connectivity index (χ0n) is 17.5. The maximum atomic E-state index is 12.5. The summed E-state index contributed by atoms with van der Waals surface area (Å²) in [6.45, 7) is 1.36. The highest BCUT2D eigenvalue weighted by Crippen LogP contribution is 2.30. The fraction of sp³-hybridized carbons (Fsp3) is 0.167. The predicted molar refractivity (Wildman–Crippen MR) is 132 cm³/mol. The van der Waals surface area contributed by atoms with Crippen LogP contribution in [-0.4, -0.2) is 28.7 Å². The summed E-state index contributed by atoms with van der Waals surface area (Å²) in [5, 5.41) is 7.61. The van der Waals surface area contributed by atoms with Crippen LogP contribution in [0, 0.1) is 0 Å². The first-order valence-corrected chi connectivity index (χ1v) is 12.0. The molecule has 0 aliphatic carbocycles. The third kappa shape index (κ3) is 5.93. The number of halogens is 2. The molecule has 33 heavy (non-hydrogen) atoms. The number of aromatic nitrogens is 1. The molecule has 0 radical (unpaired) electrons. The van der Waals surface area contributed by atoms with E-state index in [0.29, 0.717) is 46.8 Å². The van der Waals surface area contributed by atoms with Crippen LogP contribution in [0.5, 0.6) is 0 Å². The standard InChI is InChI=1S/C24H21Cl2N3O3S/c25-16-7-8-18(20(26)12-16)24(31)27-9-10-29-14-22(19-5-1-2-6-21(19)29)33-15-23(30)28-13-17-4-3-11-32-17/h1-8,11-12,14H,9-10,13,15H2,(H,27,31)(H,28,30). The molecule has 2 aromatic heterocycles. The first-order chi connectivity index (χ1) is 16.0. The minimum atomic E-state index is -0.254. The molecule has 2 heterocycles. The van der Waals surface area contributed by atoms with Crippen LogP contribution in [0.4, 0.5) is 0 Å². The smallest absolute Gasteiger partial charge is 0.252 e. The van der Waals surface area contributed by atoms with Gasteiger partial charge in [0.2, 0.25) is 5.91 Å². The van der Waals surface area contributed by atoms with Gasteiger partial charge in [0.05, 0.1) is 29.1 Å². The van der Waals surface area contributed by atoms with Crippen LogP contribution in [0.25, 0.3) is 10.9 Å². The number of amides is 2. The summed E-state index contributed by atoms with van der Waals surface area (Å²) in [6.07, 6.45) is 3.59. The summed E-state index contributed by atoms with van der Waals surface area (Å²) in [6, 6.07) is 16.4. The fourth-order valence-corrected chi connectivity index (χ4v) is 4.78. The van der Waals surface area contributed by atoms with Crippen molar-refractivity contribution in [1.82, 2.24) is 15.2 Å². The molecule has 4 aromatic rings. The summed E-state index contributed by atoms with van der Waals surface area (Å²) < 4.78 is 7.31. The number of nitrogens with one attached hydrogen (secondary N) is 2. The lowest BCUT2D eigenvalue weighted by molar-refractivity contribution is -0.118. The molecular formula is C24H21Cl2N3O3S. The van der Waals surface area contributed by atoms with E-state index in [-0.39, 0.29) is 11.8 Å². The molecule has 0 bridgehead atoms. The van der Waals surface area contributed by atoms with E-state index in [1.807, 2.05) is 36.5 Å². The van der Waals surface area contributed by atoms with Crippen molar-refractivity contribution in [2.24, 2.45) is 0 Å². The van der Waals surface area contributed by atoms with E-state index in [2.05, 4.69) is 15.2 Å². The lowest BCUT2D eigenvalue weighted by atomic mass is 10.2. The second kappa shape index (κ2) is 10.8. The van der Waals surface area contributed by atoms with Crippen molar-refractivity contribution in [1.29, 1.82) is 0 Å². The number of rotatable bonds is 9. The average Bonchev–Trinajstić information content (AvgIpc) is 3.44. The number of carbonyl (C=O) groups is 2. The van der Waals surface area contributed by atoms with Crippen LogP contribution < -0.4 is 10.6 Å². The van der Waals surface area contributed by atoms with Crippen molar-refractivity contribution in [3.63, 3.8) is 0 Å². The van der Waals surface area contributed by atoms with E-state index in [1.54, 1.807) is 30.5 Å². The summed E-state index contributed by atoms with van der Waals surface area (Å²) in [5.41, 5.74) is 1.42. The number of hydrogen-bond acceptors (Lipinski definition) is 4. The quantitative estimate of drug-likeness (QED) is 0.302. The maximum Gasteiger partial charge on any atom is 0.252 e. The van der Waals surface area contributed by atoms with Gasteiger partial charge in [0, 0.05) is 40.1 Å². The zero-order valence-corrected chi connectivity index (χ0v) is 19.8.